The van der Waals surface area contributed by atoms with Crippen LogP contribution in [-0.2, 0) is 0 Å². The van der Waals surface area contributed by atoms with Crippen molar-refractivity contribution < 1.29 is 9.21 Å². The van der Waals surface area contributed by atoms with E-state index in [1.165, 1.54) is 6.33 Å². The quantitative estimate of drug-likeness (QED) is 0.157. The number of nitrogen functional groups attached to an aromatic ring is 1. The molecule has 2 aromatic heterocycles. The minimum atomic E-state index is -0.249. The number of anilines is 3. The molecule has 8 heteroatoms. The number of amidine groups is 1. The van der Waals surface area contributed by atoms with E-state index in [9.17, 15) is 4.79 Å². The number of fused-ring (bicyclic) bond motifs is 3. The summed E-state index contributed by atoms with van der Waals surface area (Å²) < 4.78 is 6.16. The summed E-state index contributed by atoms with van der Waals surface area (Å²) >= 11 is 0. The molecule has 0 saturated heterocycles. The maximum absolute atomic E-state index is 12.6. The van der Waals surface area contributed by atoms with E-state index in [4.69, 9.17) is 15.6 Å². The highest BCUT2D eigenvalue weighted by atomic mass is 16.3. The van der Waals surface area contributed by atoms with Gasteiger partial charge in [0.15, 0.2) is 0 Å². The number of furan rings is 1. The Morgan fingerprint density at radius 2 is 1.50 bits per heavy atom. The number of amides is 1. The van der Waals surface area contributed by atoms with Crippen LogP contribution < -0.4 is 16.4 Å². The van der Waals surface area contributed by atoms with Gasteiger partial charge in [0.05, 0.1) is 5.69 Å². The molecule has 0 aliphatic rings. The van der Waals surface area contributed by atoms with Crippen LogP contribution in [0.15, 0.2) is 108 Å². The molecule has 184 valence electrons. The molecule has 0 atom stereocenters. The zero-order valence-electron chi connectivity index (χ0n) is 20.1. The first-order valence-electron chi connectivity index (χ1n) is 11.9. The van der Waals surface area contributed by atoms with Gasteiger partial charge in [-0.3, -0.25) is 10.2 Å². The number of carbonyl (C=O) groups is 1. The maximum atomic E-state index is 12.6. The van der Waals surface area contributed by atoms with Gasteiger partial charge in [0.2, 0.25) is 0 Å². The van der Waals surface area contributed by atoms with E-state index in [0.29, 0.717) is 22.6 Å². The standard InChI is InChI=1S/C30H22N6O2/c31-29(32)18-8-10-19(11-9-18)30(37)36-21-14-12-20(13-15-21)35-27-16-25(33-17-34-27)24-6-3-5-23-22-4-1-2-7-26(22)38-28(23)24/h1-17H,(H3,31,32)(H,36,37)(H,33,34,35). The molecule has 0 spiro atoms. The van der Waals surface area contributed by atoms with E-state index in [2.05, 4.69) is 20.6 Å². The molecule has 8 nitrogen and oxygen atoms in total. The Balaban J connectivity index is 1.19. The molecule has 0 fully saturated rings. The zero-order valence-corrected chi connectivity index (χ0v) is 20.1. The molecule has 0 aliphatic heterocycles. The highest BCUT2D eigenvalue weighted by Gasteiger charge is 2.13. The Labute approximate surface area is 217 Å². The molecule has 0 bridgehead atoms. The minimum absolute atomic E-state index is 0.0394. The first-order valence-corrected chi connectivity index (χ1v) is 11.9. The molecular formula is C30H22N6O2. The number of nitrogens with zero attached hydrogens (tertiary/aromatic N) is 2. The number of hydrogen-bond acceptors (Lipinski definition) is 6. The SMILES string of the molecule is N=C(N)c1ccc(C(=O)Nc2ccc(Nc3cc(-c4cccc5c4oc4ccccc45)ncn3)cc2)cc1. The van der Waals surface area contributed by atoms with Crippen LogP contribution in [0.4, 0.5) is 17.2 Å². The fraction of sp³-hybridized carbons (Fsp3) is 0. The van der Waals surface area contributed by atoms with Gasteiger partial charge in [-0.25, -0.2) is 9.97 Å². The summed E-state index contributed by atoms with van der Waals surface area (Å²) in [7, 11) is 0. The number of para-hydroxylation sites is 2. The van der Waals surface area contributed by atoms with Gasteiger partial charge in [0, 0.05) is 44.9 Å². The van der Waals surface area contributed by atoms with Crippen molar-refractivity contribution in [3.8, 4) is 11.3 Å². The Kier molecular flexibility index (Phi) is 5.74. The van der Waals surface area contributed by atoms with Crippen LogP contribution in [-0.4, -0.2) is 21.7 Å². The third kappa shape index (κ3) is 4.42. The van der Waals surface area contributed by atoms with Gasteiger partial charge in [-0.15, -0.1) is 0 Å². The summed E-state index contributed by atoms with van der Waals surface area (Å²) in [6.45, 7) is 0. The summed E-state index contributed by atoms with van der Waals surface area (Å²) in [5.41, 5.74) is 11.2. The van der Waals surface area contributed by atoms with Crippen molar-refractivity contribution in [3.63, 3.8) is 0 Å². The monoisotopic (exact) mass is 498 g/mol. The van der Waals surface area contributed by atoms with Crippen molar-refractivity contribution >= 4 is 50.9 Å². The highest BCUT2D eigenvalue weighted by molar-refractivity contribution is 6.09. The van der Waals surface area contributed by atoms with Crippen molar-refractivity contribution in [2.75, 3.05) is 10.6 Å². The third-order valence-corrected chi connectivity index (χ3v) is 6.22. The van der Waals surface area contributed by atoms with Crippen molar-refractivity contribution in [2.24, 2.45) is 5.73 Å². The van der Waals surface area contributed by atoms with Crippen LogP contribution >= 0.6 is 0 Å². The Morgan fingerprint density at radius 1 is 0.789 bits per heavy atom. The number of carbonyl (C=O) groups excluding carboxylic acids is 1. The van der Waals surface area contributed by atoms with E-state index in [0.717, 1.165) is 38.9 Å². The van der Waals surface area contributed by atoms with E-state index in [-0.39, 0.29) is 11.7 Å². The summed E-state index contributed by atoms with van der Waals surface area (Å²) in [5.74, 6) is 0.342. The largest absolute Gasteiger partial charge is 0.455 e. The lowest BCUT2D eigenvalue weighted by molar-refractivity contribution is 0.102. The average molecular weight is 499 g/mol. The number of hydrogen-bond donors (Lipinski definition) is 4. The summed E-state index contributed by atoms with van der Waals surface area (Å²) in [4.78, 5) is 21.4. The molecule has 4 aromatic carbocycles. The molecule has 2 heterocycles. The van der Waals surface area contributed by atoms with Crippen LogP contribution in [0, 0.1) is 5.41 Å². The van der Waals surface area contributed by atoms with Crippen molar-refractivity contribution in [3.05, 3.63) is 115 Å². The fourth-order valence-electron chi connectivity index (χ4n) is 4.31. The van der Waals surface area contributed by atoms with Crippen molar-refractivity contribution in [2.45, 2.75) is 0 Å². The normalized spacial score (nSPS) is 10.9. The van der Waals surface area contributed by atoms with Crippen LogP contribution in [0.3, 0.4) is 0 Å². The molecule has 5 N–H and O–H groups in total. The molecule has 38 heavy (non-hydrogen) atoms. The van der Waals surface area contributed by atoms with Crippen molar-refractivity contribution in [1.29, 1.82) is 5.41 Å². The molecule has 0 aliphatic carbocycles. The number of nitrogens with one attached hydrogen (secondary N) is 3. The van der Waals surface area contributed by atoms with Gasteiger partial charge in [0.25, 0.3) is 5.91 Å². The average Bonchev–Trinajstić information content (AvgIpc) is 3.33. The second-order valence-electron chi connectivity index (χ2n) is 8.72. The van der Waals surface area contributed by atoms with Crippen LogP contribution in [0.25, 0.3) is 33.2 Å². The van der Waals surface area contributed by atoms with E-state index in [1.807, 2.05) is 60.7 Å². The molecule has 6 aromatic rings. The Bertz CT molecular complexity index is 1810. The second-order valence-corrected chi connectivity index (χ2v) is 8.72. The zero-order chi connectivity index (χ0) is 26.1. The molecule has 0 unspecified atom stereocenters. The van der Waals surface area contributed by atoms with Crippen LogP contribution in [0.5, 0.6) is 0 Å². The summed E-state index contributed by atoms with van der Waals surface area (Å²) in [6.07, 6.45) is 1.52. The Morgan fingerprint density at radius 3 is 2.29 bits per heavy atom. The second kappa shape index (κ2) is 9.51. The van der Waals surface area contributed by atoms with Gasteiger partial charge in [0.1, 0.15) is 29.1 Å². The lowest BCUT2D eigenvalue weighted by atomic mass is 10.1. The van der Waals surface area contributed by atoms with Crippen LogP contribution in [0.1, 0.15) is 15.9 Å². The van der Waals surface area contributed by atoms with E-state index < -0.39 is 0 Å². The number of benzene rings is 4. The number of rotatable bonds is 6. The first kappa shape index (κ1) is 22.9. The lowest BCUT2D eigenvalue weighted by Gasteiger charge is -2.09. The van der Waals surface area contributed by atoms with Gasteiger partial charge in [-0.05, 0) is 48.5 Å². The lowest BCUT2D eigenvalue weighted by Crippen LogP contribution is -2.14. The fourth-order valence-corrected chi connectivity index (χ4v) is 4.31. The van der Waals surface area contributed by atoms with Gasteiger partial charge < -0.3 is 20.8 Å². The molecular weight excluding hydrogens is 476 g/mol. The first-order chi connectivity index (χ1) is 18.5. The third-order valence-electron chi connectivity index (χ3n) is 6.22. The Hall–Kier alpha value is -5.50. The molecule has 0 radical (unpaired) electrons. The predicted molar refractivity (Wildman–Crippen MR) is 150 cm³/mol. The highest BCUT2D eigenvalue weighted by Crippen LogP contribution is 2.35. The molecule has 0 saturated carbocycles. The van der Waals surface area contributed by atoms with E-state index in [1.54, 1.807) is 36.4 Å². The topological polar surface area (TPSA) is 130 Å². The summed E-state index contributed by atoms with van der Waals surface area (Å²) in [6, 6.07) is 29.8. The van der Waals surface area contributed by atoms with Gasteiger partial charge in [-0.1, -0.05) is 42.5 Å². The van der Waals surface area contributed by atoms with Crippen LogP contribution in [0.2, 0.25) is 0 Å². The maximum Gasteiger partial charge on any atom is 0.255 e. The van der Waals surface area contributed by atoms with Gasteiger partial charge in [-0.2, -0.15) is 0 Å². The van der Waals surface area contributed by atoms with E-state index >= 15 is 0 Å². The van der Waals surface area contributed by atoms with Crippen molar-refractivity contribution in [1.82, 2.24) is 9.97 Å². The molecule has 1 amide bonds. The minimum Gasteiger partial charge on any atom is -0.455 e. The smallest absolute Gasteiger partial charge is 0.255 e. The predicted octanol–water partition coefficient (Wildman–Crippen LogP) is 6.32. The van der Waals surface area contributed by atoms with Gasteiger partial charge >= 0.3 is 0 Å². The molecule has 6 rings (SSSR count). The number of nitrogens with two attached hydrogens (primary N) is 1. The number of aromatic nitrogens is 2. The summed E-state index contributed by atoms with van der Waals surface area (Å²) in [5, 5.41) is 15.7.